The first-order valence-corrected chi connectivity index (χ1v) is 12.8. The van der Waals surface area contributed by atoms with Gasteiger partial charge in [0.25, 0.3) is 8.32 Å². The van der Waals surface area contributed by atoms with E-state index in [1.165, 1.54) is 0 Å². The van der Waals surface area contributed by atoms with Crippen LogP contribution in [0.5, 0.6) is 5.75 Å². The van der Waals surface area contributed by atoms with E-state index < -0.39 is 8.32 Å². The van der Waals surface area contributed by atoms with E-state index in [1.54, 1.807) is 7.11 Å². The second kappa shape index (κ2) is 9.05. The summed E-state index contributed by atoms with van der Waals surface area (Å²) in [6.45, 7) is 4.34. The Hall–Kier alpha value is -1.59. The van der Waals surface area contributed by atoms with Crippen molar-refractivity contribution in [3.05, 3.63) is 87.9 Å². The summed E-state index contributed by atoms with van der Waals surface area (Å²) in [6, 6.07) is 24.1. The maximum absolute atomic E-state index is 12.3. The van der Waals surface area contributed by atoms with Crippen molar-refractivity contribution in [1.82, 2.24) is 0 Å². The number of hydrogen-bond acceptors (Lipinski definition) is 2. The molecule has 0 saturated carbocycles. The van der Waals surface area contributed by atoms with Gasteiger partial charge in [-0.1, -0.05) is 102 Å². The molecule has 0 unspecified atom stereocenters. The Labute approximate surface area is 187 Å². The van der Waals surface area contributed by atoms with Gasteiger partial charge >= 0.3 is 0 Å². The highest BCUT2D eigenvalue weighted by Crippen LogP contribution is 2.41. The zero-order valence-corrected chi connectivity index (χ0v) is 20.3. The van der Waals surface area contributed by atoms with E-state index >= 15 is 0 Å². The average Bonchev–Trinajstić information content (AvgIpc) is 2.74. The molecule has 29 heavy (non-hydrogen) atoms. The Kier molecular flexibility index (Phi) is 6.89. The molecule has 0 aliphatic carbocycles. The van der Waals surface area contributed by atoms with Crippen LogP contribution in [-0.4, -0.2) is 20.2 Å². The summed E-state index contributed by atoms with van der Waals surface area (Å²) >= 11 is 10.1. The van der Waals surface area contributed by atoms with Gasteiger partial charge in [-0.2, -0.15) is 0 Å². The first kappa shape index (κ1) is 22.1. The third-order valence-corrected chi connectivity index (χ3v) is 11.1. The Morgan fingerprint density at radius 1 is 0.966 bits per heavy atom. The number of hydrogen-bond donors (Lipinski definition) is 1. The lowest BCUT2D eigenvalue weighted by Gasteiger charge is -2.41. The molecular formula is C24H26BrClO2Si. The van der Waals surface area contributed by atoms with Gasteiger partial charge in [0, 0.05) is 4.47 Å². The maximum Gasteiger partial charge on any atom is 0.258 e. The monoisotopic (exact) mass is 488 g/mol. The summed E-state index contributed by atoms with van der Waals surface area (Å²) in [5, 5.41) is 2.36. The molecule has 3 rings (SSSR count). The first-order chi connectivity index (χ1) is 13.8. The highest BCUT2D eigenvalue weighted by molar-refractivity contribution is 9.10. The lowest BCUT2D eigenvalue weighted by molar-refractivity contribution is 0.413. The lowest BCUT2D eigenvalue weighted by Crippen LogP contribution is -2.65. The van der Waals surface area contributed by atoms with Crippen molar-refractivity contribution in [1.29, 1.82) is 0 Å². The van der Waals surface area contributed by atoms with Gasteiger partial charge in [0.05, 0.1) is 12.1 Å². The minimum absolute atomic E-state index is 0.325. The Morgan fingerprint density at radius 3 is 1.97 bits per heavy atom. The molecule has 0 bridgehead atoms. The number of halogens is 2. The summed E-state index contributed by atoms with van der Waals surface area (Å²) in [4.78, 5) is 12.3. The van der Waals surface area contributed by atoms with E-state index in [2.05, 4.69) is 54.0 Å². The Morgan fingerprint density at radius 2 is 1.48 bits per heavy atom. The predicted octanol–water partition coefficient (Wildman–Crippen LogP) is 5.58. The molecule has 3 aromatic rings. The van der Waals surface area contributed by atoms with Crippen molar-refractivity contribution in [2.24, 2.45) is 0 Å². The van der Waals surface area contributed by atoms with E-state index in [9.17, 15) is 4.80 Å². The molecule has 0 spiro atoms. The van der Waals surface area contributed by atoms with Crippen LogP contribution in [0.15, 0.2) is 77.3 Å². The number of ether oxygens (including phenoxy) is 1. The molecule has 0 amide bonds. The van der Waals surface area contributed by atoms with Crippen molar-refractivity contribution < 1.29 is 9.53 Å². The summed E-state index contributed by atoms with van der Waals surface area (Å²) in [7, 11) is -1.40. The average molecular weight is 490 g/mol. The van der Waals surface area contributed by atoms with Crippen molar-refractivity contribution in [2.45, 2.75) is 31.7 Å². The largest absolute Gasteiger partial charge is 0.495 e. The summed E-state index contributed by atoms with van der Waals surface area (Å²) in [5.74, 6) is 0.660. The van der Waals surface area contributed by atoms with Crippen LogP contribution in [0.25, 0.3) is 0 Å². The normalized spacial score (nSPS) is 12.1. The second-order valence-electron chi connectivity index (χ2n) is 7.91. The van der Waals surface area contributed by atoms with Gasteiger partial charge in [-0.05, 0) is 45.9 Å². The Bertz CT molecular complexity index is 922. The Balaban J connectivity index is 2.00. The highest BCUT2D eigenvalue weighted by Gasteiger charge is 2.49. The topological polar surface area (TPSA) is 29.5 Å². The van der Waals surface area contributed by atoms with Crippen LogP contribution in [0.2, 0.25) is 10.1 Å². The smallest absolute Gasteiger partial charge is 0.258 e. The third-order valence-electron chi connectivity index (χ3n) is 5.68. The fourth-order valence-corrected chi connectivity index (χ4v) is 8.38. The van der Waals surface area contributed by atoms with Crippen LogP contribution in [0, 0.1) is 0 Å². The zero-order valence-electron chi connectivity index (χ0n) is 17.0. The van der Waals surface area contributed by atoms with E-state index in [0.717, 1.165) is 33.3 Å². The van der Waals surface area contributed by atoms with Gasteiger partial charge in [-0.3, -0.25) is 0 Å². The van der Waals surface area contributed by atoms with Gasteiger partial charge in [0.1, 0.15) is 5.75 Å². The predicted molar refractivity (Wildman–Crippen MR) is 128 cm³/mol. The molecule has 3 aromatic carbocycles. The molecule has 0 saturated heterocycles. The molecule has 0 heterocycles. The molecule has 0 aliphatic heterocycles. The molecule has 0 aromatic heterocycles. The SMILES string of the molecule is COc1cc(Br)cc(CCC(C)(C)[Si](O)(c2ccccc2)c2ccccc2)c1Cl. The third kappa shape index (κ3) is 4.46. The van der Waals surface area contributed by atoms with Crippen LogP contribution >= 0.6 is 27.5 Å². The molecule has 0 radical (unpaired) electrons. The van der Waals surface area contributed by atoms with Crippen molar-refractivity contribution in [2.75, 3.05) is 7.11 Å². The van der Waals surface area contributed by atoms with Gasteiger partial charge < -0.3 is 9.53 Å². The minimum Gasteiger partial charge on any atom is -0.495 e. The van der Waals surface area contributed by atoms with Crippen molar-refractivity contribution in [3.63, 3.8) is 0 Å². The van der Waals surface area contributed by atoms with Crippen LogP contribution in [-0.2, 0) is 6.42 Å². The fraction of sp³-hybridized carbons (Fsp3) is 0.250. The van der Waals surface area contributed by atoms with Gasteiger partial charge in [-0.25, -0.2) is 0 Å². The summed E-state index contributed by atoms with van der Waals surface area (Å²) < 4.78 is 6.34. The fourth-order valence-electron chi connectivity index (χ4n) is 3.88. The molecule has 1 N–H and O–H groups in total. The second-order valence-corrected chi connectivity index (χ2v) is 13.1. The highest BCUT2D eigenvalue weighted by atomic mass is 79.9. The molecular weight excluding hydrogens is 464 g/mol. The van der Waals surface area contributed by atoms with E-state index in [1.807, 2.05) is 48.5 Å². The molecule has 0 fully saturated rings. The van der Waals surface area contributed by atoms with Crippen molar-refractivity contribution in [3.8, 4) is 5.75 Å². The van der Waals surface area contributed by atoms with Crippen LogP contribution in [0.3, 0.4) is 0 Å². The molecule has 5 heteroatoms. The standard InChI is InChI=1S/C24H26BrClO2Si/c1-24(2,15-14-18-16-19(25)17-22(28-3)23(18)26)29(27,20-10-6-4-7-11-20)21-12-8-5-9-13-21/h4-13,16-17,27H,14-15H2,1-3H3. The number of rotatable bonds is 7. The van der Waals surface area contributed by atoms with Crippen LogP contribution < -0.4 is 15.1 Å². The summed E-state index contributed by atoms with van der Waals surface area (Å²) in [5.41, 5.74) is 1.02. The summed E-state index contributed by atoms with van der Waals surface area (Å²) in [6.07, 6.45) is 1.54. The molecule has 152 valence electrons. The van der Waals surface area contributed by atoms with Crippen LogP contribution in [0.1, 0.15) is 25.8 Å². The molecule has 0 aliphatic rings. The minimum atomic E-state index is -3.02. The van der Waals surface area contributed by atoms with Gasteiger partial charge in [0.2, 0.25) is 0 Å². The van der Waals surface area contributed by atoms with Crippen molar-refractivity contribution >= 4 is 46.2 Å². The number of methoxy groups -OCH3 is 1. The van der Waals surface area contributed by atoms with E-state index in [0.29, 0.717) is 10.8 Å². The van der Waals surface area contributed by atoms with E-state index in [-0.39, 0.29) is 5.04 Å². The maximum atomic E-state index is 12.3. The quantitative estimate of drug-likeness (QED) is 0.439. The van der Waals surface area contributed by atoms with Gasteiger partial charge in [-0.15, -0.1) is 0 Å². The number of benzene rings is 3. The van der Waals surface area contributed by atoms with Crippen LogP contribution in [0.4, 0.5) is 0 Å². The zero-order chi connectivity index (χ0) is 21.1. The van der Waals surface area contributed by atoms with E-state index in [4.69, 9.17) is 16.3 Å². The number of aryl methyl sites for hydroxylation is 1. The first-order valence-electron chi connectivity index (χ1n) is 9.65. The van der Waals surface area contributed by atoms with Gasteiger partial charge in [0.15, 0.2) is 0 Å². The molecule has 0 atom stereocenters. The lowest BCUT2D eigenvalue weighted by atomic mass is 10.0. The molecule has 2 nitrogen and oxygen atoms in total.